The van der Waals surface area contributed by atoms with Crippen molar-refractivity contribution in [3.8, 4) is 17.1 Å². The number of hydrogen-bond donors (Lipinski definition) is 0. The molecule has 0 amide bonds. The van der Waals surface area contributed by atoms with E-state index in [4.69, 9.17) is 9.47 Å². The minimum absolute atomic E-state index is 0.437. The molecule has 0 bridgehead atoms. The third kappa shape index (κ3) is 4.68. The molecule has 0 aliphatic heterocycles. The predicted molar refractivity (Wildman–Crippen MR) is 86.1 cm³/mol. The first-order valence-electron chi connectivity index (χ1n) is 7.10. The Labute approximate surface area is 126 Å². The number of nitrogens with zero attached hydrogens (tertiary/aromatic N) is 3. The van der Waals surface area contributed by atoms with Crippen LogP contribution in [-0.2, 0) is 11.5 Å². The van der Waals surface area contributed by atoms with E-state index in [1.54, 1.807) is 18.1 Å². The fourth-order valence-corrected chi connectivity index (χ4v) is 2.60. The smallest absolute Gasteiger partial charge is 0.184 e. The van der Waals surface area contributed by atoms with Gasteiger partial charge in [-0.3, -0.25) is 0 Å². The highest BCUT2D eigenvalue weighted by atomic mass is 28.3. The molecule has 1 aromatic carbocycles. The van der Waals surface area contributed by atoms with Crippen LogP contribution in [0.5, 0.6) is 5.75 Å². The minimum Gasteiger partial charge on any atom is -0.496 e. The largest absolute Gasteiger partial charge is 0.496 e. The monoisotopic (exact) mass is 305 g/mol. The van der Waals surface area contributed by atoms with Crippen molar-refractivity contribution < 1.29 is 9.47 Å². The molecule has 0 N–H and O–H groups in total. The van der Waals surface area contributed by atoms with E-state index in [0.717, 1.165) is 24.0 Å². The molecule has 1 heterocycles. The van der Waals surface area contributed by atoms with E-state index in [-0.39, 0.29) is 0 Å². The van der Waals surface area contributed by atoms with Gasteiger partial charge in [0.05, 0.1) is 12.7 Å². The number of para-hydroxylation sites is 1. The molecule has 0 unspecified atom stereocenters. The SMILES string of the molecule is COc1ccccc1-c1ncn(COCC[Si](C)(C)C)n1. The van der Waals surface area contributed by atoms with Gasteiger partial charge in [-0.15, -0.1) is 5.10 Å². The normalized spacial score (nSPS) is 11.6. The lowest BCUT2D eigenvalue weighted by Gasteiger charge is -2.15. The van der Waals surface area contributed by atoms with Gasteiger partial charge in [-0.2, -0.15) is 0 Å². The van der Waals surface area contributed by atoms with Crippen molar-refractivity contribution in [1.82, 2.24) is 14.8 Å². The van der Waals surface area contributed by atoms with Crippen molar-refractivity contribution in [3.63, 3.8) is 0 Å². The summed E-state index contributed by atoms with van der Waals surface area (Å²) in [5, 5.41) is 4.43. The van der Waals surface area contributed by atoms with E-state index in [2.05, 4.69) is 29.7 Å². The molecule has 0 aliphatic rings. The highest BCUT2D eigenvalue weighted by molar-refractivity contribution is 6.76. The van der Waals surface area contributed by atoms with Gasteiger partial charge in [0, 0.05) is 14.7 Å². The average Bonchev–Trinajstić information content (AvgIpc) is 2.91. The zero-order valence-electron chi connectivity index (χ0n) is 13.2. The van der Waals surface area contributed by atoms with E-state index in [0.29, 0.717) is 12.6 Å². The predicted octanol–water partition coefficient (Wildman–Crippen LogP) is 3.27. The van der Waals surface area contributed by atoms with Crippen LogP contribution in [0.2, 0.25) is 25.7 Å². The molecular weight excluding hydrogens is 282 g/mol. The van der Waals surface area contributed by atoms with Gasteiger partial charge in [-0.1, -0.05) is 31.8 Å². The van der Waals surface area contributed by atoms with Crippen molar-refractivity contribution in [2.24, 2.45) is 0 Å². The number of hydrogen-bond acceptors (Lipinski definition) is 4. The highest BCUT2D eigenvalue weighted by Gasteiger charge is 2.13. The van der Waals surface area contributed by atoms with E-state index in [1.165, 1.54) is 0 Å². The van der Waals surface area contributed by atoms with E-state index in [9.17, 15) is 0 Å². The van der Waals surface area contributed by atoms with Gasteiger partial charge in [0.25, 0.3) is 0 Å². The Balaban J connectivity index is 1.95. The lowest BCUT2D eigenvalue weighted by molar-refractivity contribution is 0.0785. The van der Waals surface area contributed by atoms with E-state index in [1.807, 2.05) is 24.3 Å². The Kier molecular flexibility index (Phi) is 5.14. The van der Waals surface area contributed by atoms with Gasteiger partial charge in [-0.25, -0.2) is 9.67 Å². The van der Waals surface area contributed by atoms with Crippen LogP contribution in [0.4, 0.5) is 0 Å². The molecule has 114 valence electrons. The van der Waals surface area contributed by atoms with Gasteiger partial charge >= 0.3 is 0 Å². The number of benzene rings is 1. The molecule has 6 heteroatoms. The van der Waals surface area contributed by atoms with Crippen molar-refractivity contribution in [2.45, 2.75) is 32.4 Å². The molecule has 0 saturated carbocycles. The third-order valence-electron chi connectivity index (χ3n) is 3.10. The zero-order valence-corrected chi connectivity index (χ0v) is 14.2. The van der Waals surface area contributed by atoms with Crippen LogP contribution in [0, 0.1) is 0 Å². The quantitative estimate of drug-likeness (QED) is 0.582. The van der Waals surface area contributed by atoms with Gasteiger partial charge in [0.2, 0.25) is 0 Å². The number of aromatic nitrogens is 3. The van der Waals surface area contributed by atoms with Gasteiger partial charge in [-0.05, 0) is 18.2 Å². The third-order valence-corrected chi connectivity index (χ3v) is 4.81. The molecule has 0 radical (unpaired) electrons. The average molecular weight is 305 g/mol. The summed E-state index contributed by atoms with van der Waals surface area (Å²) >= 11 is 0. The topological polar surface area (TPSA) is 49.2 Å². The summed E-state index contributed by atoms with van der Waals surface area (Å²) in [4.78, 5) is 4.32. The summed E-state index contributed by atoms with van der Waals surface area (Å²) in [6.45, 7) is 8.23. The maximum absolute atomic E-state index is 5.67. The fraction of sp³-hybridized carbons (Fsp3) is 0.467. The first kappa shape index (κ1) is 15.7. The van der Waals surface area contributed by atoms with Crippen LogP contribution in [-0.4, -0.2) is 36.6 Å². The molecule has 2 rings (SSSR count). The summed E-state index contributed by atoms with van der Waals surface area (Å²) < 4.78 is 12.7. The lowest BCUT2D eigenvalue weighted by atomic mass is 10.2. The number of methoxy groups -OCH3 is 1. The summed E-state index contributed by atoms with van der Waals surface area (Å²) in [6.07, 6.45) is 1.69. The number of ether oxygens (including phenoxy) is 2. The lowest BCUT2D eigenvalue weighted by Crippen LogP contribution is -2.22. The van der Waals surface area contributed by atoms with Crippen LogP contribution >= 0.6 is 0 Å². The second-order valence-corrected chi connectivity index (χ2v) is 11.8. The van der Waals surface area contributed by atoms with Gasteiger partial charge in [0.15, 0.2) is 5.82 Å². The molecule has 0 atom stereocenters. The Morgan fingerprint density at radius 2 is 1.95 bits per heavy atom. The minimum atomic E-state index is -1.04. The zero-order chi connectivity index (χ0) is 15.3. The van der Waals surface area contributed by atoms with Crippen LogP contribution in [0.3, 0.4) is 0 Å². The first-order chi connectivity index (χ1) is 9.99. The standard InChI is InChI=1S/C15H23N3O2Si/c1-19-14-8-6-5-7-13(14)15-16-11-18(17-15)12-20-9-10-21(2,3)4/h5-8,11H,9-10,12H2,1-4H3. The van der Waals surface area contributed by atoms with E-state index >= 15 is 0 Å². The second kappa shape index (κ2) is 6.86. The van der Waals surface area contributed by atoms with Crippen LogP contribution < -0.4 is 4.74 Å². The van der Waals surface area contributed by atoms with Crippen LogP contribution in [0.15, 0.2) is 30.6 Å². The van der Waals surface area contributed by atoms with Crippen molar-refractivity contribution in [2.75, 3.05) is 13.7 Å². The highest BCUT2D eigenvalue weighted by Crippen LogP contribution is 2.26. The summed E-state index contributed by atoms with van der Waals surface area (Å²) in [5.41, 5.74) is 0.890. The summed E-state index contributed by atoms with van der Waals surface area (Å²) in [7, 11) is 0.606. The van der Waals surface area contributed by atoms with Crippen molar-refractivity contribution in [3.05, 3.63) is 30.6 Å². The molecule has 2 aromatic rings. The van der Waals surface area contributed by atoms with Crippen LogP contribution in [0.1, 0.15) is 0 Å². The maximum Gasteiger partial charge on any atom is 0.184 e. The van der Waals surface area contributed by atoms with Gasteiger partial charge < -0.3 is 9.47 Å². The Bertz CT molecular complexity index is 578. The molecule has 0 saturated heterocycles. The molecule has 5 nitrogen and oxygen atoms in total. The maximum atomic E-state index is 5.67. The molecule has 1 aromatic heterocycles. The molecular formula is C15H23N3O2Si. The fourth-order valence-electron chi connectivity index (χ4n) is 1.85. The van der Waals surface area contributed by atoms with Gasteiger partial charge in [0.1, 0.15) is 18.8 Å². The summed E-state index contributed by atoms with van der Waals surface area (Å²) in [5.74, 6) is 1.43. The molecule has 0 fully saturated rings. The molecule has 21 heavy (non-hydrogen) atoms. The van der Waals surface area contributed by atoms with Crippen molar-refractivity contribution in [1.29, 1.82) is 0 Å². The Hall–Kier alpha value is -1.66. The molecule has 0 spiro atoms. The molecule has 0 aliphatic carbocycles. The second-order valence-electron chi connectivity index (χ2n) is 6.16. The van der Waals surface area contributed by atoms with E-state index < -0.39 is 8.07 Å². The van der Waals surface area contributed by atoms with Crippen LogP contribution in [0.25, 0.3) is 11.4 Å². The number of rotatable bonds is 7. The van der Waals surface area contributed by atoms with Crippen molar-refractivity contribution >= 4 is 8.07 Å². The summed E-state index contributed by atoms with van der Waals surface area (Å²) in [6, 6.07) is 8.88. The first-order valence-corrected chi connectivity index (χ1v) is 10.8. The Morgan fingerprint density at radius 1 is 1.19 bits per heavy atom. The Morgan fingerprint density at radius 3 is 2.67 bits per heavy atom.